The molecule has 0 spiro atoms. The van der Waals surface area contributed by atoms with Crippen molar-refractivity contribution in [1.82, 2.24) is 14.8 Å². The molecule has 0 unspecified atom stereocenters. The topological polar surface area (TPSA) is 83.8 Å². The molecule has 1 aliphatic rings. The summed E-state index contributed by atoms with van der Waals surface area (Å²) < 4.78 is 7.03. The molecule has 6 rings (SSSR count). The van der Waals surface area contributed by atoms with Crippen molar-refractivity contribution in [2.45, 2.75) is 44.4 Å². The van der Waals surface area contributed by atoms with Gasteiger partial charge in [0.2, 0.25) is 0 Å². The Morgan fingerprint density at radius 3 is 2.30 bits per heavy atom. The third-order valence-corrected chi connectivity index (χ3v) is 9.39. The molecule has 1 amide bonds. The molecule has 1 atom stereocenters. The summed E-state index contributed by atoms with van der Waals surface area (Å²) in [6.45, 7) is 3.49. The number of carbonyl (C=O) groups is 1. The van der Waals surface area contributed by atoms with E-state index in [1.165, 1.54) is 0 Å². The van der Waals surface area contributed by atoms with Crippen LogP contribution in [0.25, 0.3) is 16.5 Å². The van der Waals surface area contributed by atoms with Crippen molar-refractivity contribution in [1.29, 1.82) is 0 Å². The van der Waals surface area contributed by atoms with Crippen molar-refractivity contribution in [2.75, 3.05) is 20.2 Å². The summed E-state index contributed by atoms with van der Waals surface area (Å²) in [5.74, 6) is 0.430. The van der Waals surface area contributed by atoms with Gasteiger partial charge in [-0.25, -0.2) is 0 Å². The number of aromatic nitrogens is 1. The number of hydrogen-bond donors (Lipinski definition) is 2. The summed E-state index contributed by atoms with van der Waals surface area (Å²) in [5.41, 5.74) is 2.19. The zero-order valence-corrected chi connectivity index (χ0v) is 26.8. The average molecular weight is 636 g/mol. The molecule has 2 N–H and O–H groups in total. The van der Waals surface area contributed by atoms with Crippen LogP contribution in [0.3, 0.4) is 0 Å². The molecular weight excluding hydrogens is 598 g/mol. The molecule has 4 aromatic carbocycles. The third kappa shape index (κ3) is 6.18. The Kier molecular flexibility index (Phi) is 9.27. The van der Waals surface area contributed by atoms with Crippen LogP contribution < -0.4 is 15.6 Å². The van der Waals surface area contributed by atoms with Crippen molar-refractivity contribution in [2.24, 2.45) is 0 Å². The average Bonchev–Trinajstić information content (AvgIpc) is 3.09. The normalized spacial score (nSPS) is 15.4. The third-order valence-electron chi connectivity index (χ3n) is 9.08. The Morgan fingerprint density at radius 2 is 1.63 bits per heavy atom. The highest BCUT2D eigenvalue weighted by atomic mass is 35.5. The summed E-state index contributed by atoms with van der Waals surface area (Å²) in [7, 11) is 1.62. The number of methoxy groups -OCH3 is 1. The molecule has 0 aliphatic carbocycles. The van der Waals surface area contributed by atoms with Gasteiger partial charge < -0.3 is 15.2 Å². The van der Waals surface area contributed by atoms with E-state index in [0.717, 1.165) is 11.1 Å². The Labute approximate surface area is 274 Å². The number of hydrogen-bond acceptors (Lipinski definition) is 5. The van der Waals surface area contributed by atoms with Crippen molar-refractivity contribution < 1.29 is 14.6 Å². The number of rotatable bonds is 9. The molecule has 1 aromatic heterocycles. The quantitative estimate of drug-likeness (QED) is 0.182. The monoisotopic (exact) mass is 635 g/mol. The molecule has 1 saturated heterocycles. The molecule has 1 fully saturated rings. The van der Waals surface area contributed by atoms with Gasteiger partial charge in [0.05, 0.1) is 40.4 Å². The fraction of sp³-hybridized carbons (Fsp3) is 0.263. The predicted molar refractivity (Wildman–Crippen MR) is 183 cm³/mol. The van der Waals surface area contributed by atoms with Crippen molar-refractivity contribution >= 4 is 28.3 Å². The molecule has 7 nitrogen and oxygen atoms in total. The van der Waals surface area contributed by atoms with E-state index in [9.17, 15) is 14.7 Å². The molecule has 0 radical (unpaired) electrons. The first-order chi connectivity index (χ1) is 22.3. The van der Waals surface area contributed by atoms with E-state index >= 15 is 0 Å². The summed E-state index contributed by atoms with van der Waals surface area (Å²) >= 11 is 6.69. The van der Waals surface area contributed by atoms with Crippen LogP contribution in [-0.2, 0) is 12.1 Å². The molecule has 0 saturated carbocycles. The minimum atomic E-state index is -1.01. The number of aliphatic hydroxyl groups is 1. The lowest BCUT2D eigenvalue weighted by Crippen LogP contribution is -2.43. The van der Waals surface area contributed by atoms with Gasteiger partial charge in [-0.2, -0.15) is 0 Å². The van der Waals surface area contributed by atoms with Crippen molar-refractivity contribution in [3.63, 3.8) is 0 Å². The number of piperidine rings is 1. The summed E-state index contributed by atoms with van der Waals surface area (Å²) in [6.07, 6.45) is 1.67. The van der Waals surface area contributed by atoms with Crippen LogP contribution in [0.2, 0.25) is 5.02 Å². The number of amides is 1. The van der Waals surface area contributed by atoms with Gasteiger partial charge in [0.15, 0.2) is 0 Å². The largest absolute Gasteiger partial charge is 0.497 e. The van der Waals surface area contributed by atoms with E-state index in [1.807, 2.05) is 91.9 Å². The van der Waals surface area contributed by atoms with Gasteiger partial charge in [-0.05, 0) is 60.7 Å². The Hall–Kier alpha value is -4.43. The van der Waals surface area contributed by atoms with Crippen LogP contribution in [0.1, 0.15) is 59.4 Å². The van der Waals surface area contributed by atoms with E-state index in [1.54, 1.807) is 29.9 Å². The lowest BCUT2D eigenvalue weighted by molar-refractivity contribution is -0.0282. The number of nitrogens with zero attached hydrogens (tertiary/aromatic N) is 2. The fourth-order valence-corrected chi connectivity index (χ4v) is 6.79. The van der Waals surface area contributed by atoms with Crippen LogP contribution in [0.5, 0.6) is 5.75 Å². The summed E-state index contributed by atoms with van der Waals surface area (Å²) in [6, 6.07) is 31.9. The molecule has 46 heavy (non-hydrogen) atoms. The summed E-state index contributed by atoms with van der Waals surface area (Å²) in [5, 5.41) is 16.0. The van der Waals surface area contributed by atoms with Gasteiger partial charge in [-0.15, -0.1) is 0 Å². The van der Waals surface area contributed by atoms with E-state index in [4.69, 9.17) is 16.3 Å². The van der Waals surface area contributed by atoms with Gasteiger partial charge in [-0.1, -0.05) is 91.3 Å². The molecular formula is C38H38ClN3O4. The highest BCUT2D eigenvalue weighted by molar-refractivity contribution is 6.36. The van der Waals surface area contributed by atoms with E-state index in [0.29, 0.717) is 77.4 Å². The van der Waals surface area contributed by atoms with Crippen LogP contribution in [0, 0.1) is 0 Å². The Balaban J connectivity index is 1.44. The van der Waals surface area contributed by atoms with Crippen LogP contribution in [0.15, 0.2) is 108 Å². The first kappa shape index (κ1) is 31.5. The fourth-order valence-electron chi connectivity index (χ4n) is 6.54. The highest BCUT2D eigenvalue weighted by Crippen LogP contribution is 2.36. The van der Waals surface area contributed by atoms with Crippen LogP contribution >= 0.6 is 11.6 Å². The minimum absolute atomic E-state index is 0.222. The molecule has 0 bridgehead atoms. The van der Waals surface area contributed by atoms with E-state index in [2.05, 4.69) is 10.2 Å². The molecule has 8 heteroatoms. The molecule has 2 heterocycles. The van der Waals surface area contributed by atoms with Crippen LogP contribution in [0.4, 0.5) is 0 Å². The van der Waals surface area contributed by atoms with Crippen molar-refractivity contribution in [3.8, 4) is 11.4 Å². The smallest absolute Gasteiger partial charge is 0.264 e. The molecule has 5 aromatic rings. The number of likely N-dealkylation sites (tertiary alicyclic amines) is 1. The maximum Gasteiger partial charge on any atom is 0.264 e. The first-order valence-corrected chi connectivity index (χ1v) is 16.1. The maximum absolute atomic E-state index is 14.5. The number of pyridine rings is 1. The lowest BCUT2D eigenvalue weighted by atomic mass is 9.84. The van der Waals surface area contributed by atoms with Gasteiger partial charge in [0.1, 0.15) is 5.75 Å². The SMILES string of the molecule is CC[C@H](NC(=O)c1c(CN2CCC(O)(c3cccc(OC)c3)CC2)n(-c2ccccc2)c(=O)c2c(Cl)cccc12)c1ccccc1. The minimum Gasteiger partial charge on any atom is -0.497 e. The zero-order valence-electron chi connectivity index (χ0n) is 26.1. The van der Waals surface area contributed by atoms with Crippen LogP contribution in [-0.4, -0.2) is 40.7 Å². The van der Waals surface area contributed by atoms with Gasteiger partial charge in [0.25, 0.3) is 11.5 Å². The number of halogens is 1. The second-order valence-corrected chi connectivity index (χ2v) is 12.3. The lowest BCUT2D eigenvalue weighted by Gasteiger charge is -2.39. The number of ether oxygens (including phenoxy) is 1. The maximum atomic E-state index is 14.5. The molecule has 1 aliphatic heterocycles. The van der Waals surface area contributed by atoms with Gasteiger partial charge in [0, 0.05) is 30.7 Å². The van der Waals surface area contributed by atoms with Crippen molar-refractivity contribution in [3.05, 3.63) is 141 Å². The zero-order chi connectivity index (χ0) is 32.3. The van der Waals surface area contributed by atoms with E-state index < -0.39 is 5.60 Å². The predicted octanol–water partition coefficient (Wildman–Crippen LogP) is 7.02. The number of benzene rings is 4. The highest BCUT2D eigenvalue weighted by Gasteiger charge is 2.35. The number of para-hydroxylation sites is 1. The second-order valence-electron chi connectivity index (χ2n) is 11.8. The Morgan fingerprint density at radius 1 is 0.957 bits per heavy atom. The van der Waals surface area contributed by atoms with Gasteiger partial charge in [-0.3, -0.25) is 19.1 Å². The van der Waals surface area contributed by atoms with E-state index in [-0.39, 0.29) is 17.5 Å². The molecule has 236 valence electrons. The number of carbonyl (C=O) groups excluding carboxylic acids is 1. The Bertz CT molecular complexity index is 1900. The summed E-state index contributed by atoms with van der Waals surface area (Å²) in [4.78, 5) is 31.0. The number of nitrogens with one attached hydrogen (secondary N) is 1. The second kappa shape index (κ2) is 13.5. The van der Waals surface area contributed by atoms with Gasteiger partial charge >= 0.3 is 0 Å². The first-order valence-electron chi connectivity index (χ1n) is 15.7. The standard InChI is InChI=1S/C38H38ClN3O4/c1-3-32(26-12-6-4-7-13-26)40-36(43)35-30-18-11-19-31(39)34(30)37(44)42(28-15-8-5-9-16-28)33(35)25-41-22-20-38(45,21-23-41)27-14-10-17-29(24-27)46-2/h4-19,24,32,45H,3,20-23,25H2,1-2H3,(H,40,43)/t32-/m0/s1. The number of fused-ring (bicyclic) bond motifs is 1.